The van der Waals surface area contributed by atoms with Crippen LogP contribution in [0.1, 0.15) is 16.8 Å². The zero-order valence-corrected chi connectivity index (χ0v) is 13.4. The predicted molar refractivity (Wildman–Crippen MR) is 85.5 cm³/mol. The number of carboxylic acids is 1. The van der Waals surface area contributed by atoms with Crippen LogP contribution in [0.15, 0.2) is 39.9 Å². The Labute approximate surface area is 136 Å². The number of amides is 1. The zero-order chi connectivity index (χ0) is 16.6. The Balaban J connectivity index is 1.77. The maximum Gasteiger partial charge on any atom is 0.336 e. The van der Waals surface area contributed by atoms with Gasteiger partial charge in [0.05, 0.1) is 5.56 Å². The maximum absolute atomic E-state index is 12.2. The van der Waals surface area contributed by atoms with E-state index in [0.29, 0.717) is 24.3 Å². The van der Waals surface area contributed by atoms with E-state index in [0.717, 1.165) is 17.4 Å². The first-order valence-electron chi connectivity index (χ1n) is 6.62. The van der Waals surface area contributed by atoms with Crippen molar-refractivity contribution in [1.29, 1.82) is 0 Å². The van der Waals surface area contributed by atoms with Crippen LogP contribution in [-0.2, 0) is 14.8 Å². The van der Waals surface area contributed by atoms with Crippen molar-refractivity contribution in [3.05, 3.63) is 41.3 Å². The van der Waals surface area contributed by atoms with Gasteiger partial charge >= 0.3 is 5.97 Å². The van der Waals surface area contributed by atoms with Crippen molar-refractivity contribution in [1.82, 2.24) is 0 Å². The second-order valence-electron chi connectivity index (χ2n) is 4.91. The lowest BCUT2D eigenvalue weighted by atomic mass is 10.1. The lowest BCUT2D eigenvalue weighted by Crippen LogP contribution is -2.43. The molecule has 1 aliphatic rings. The first-order chi connectivity index (χ1) is 10.9. The van der Waals surface area contributed by atoms with Crippen molar-refractivity contribution >= 4 is 44.6 Å². The number of carbonyl (C=O) groups is 2. The molecule has 3 rings (SSSR count). The molecule has 1 aromatic carbocycles. The van der Waals surface area contributed by atoms with Gasteiger partial charge in [0.15, 0.2) is 0 Å². The smallest absolute Gasteiger partial charge is 0.336 e. The van der Waals surface area contributed by atoms with E-state index in [2.05, 4.69) is 4.72 Å². The highest BCUT2D eigenvalue weighted by Crippen LogP contribution is 2.26. The normalized spacial score (nSPS) is 14.4. The molecular formula is C14H12N2O5S2. The Bertz CT molecular complexity index is 871. The number of carboxylic acid groups (broad SMARTS) is 1. The summed E-state index contributed by atoms with van der Waals surface area (Å²) in [4.78, 5) is 23.8. The molecule has 0 atom stereocenters. The Morgan fingerprint density at radius 1 is 1.26 bits per heavy atom. The number of carbonyl (C=O) groups excluding carboxylic acids is 1. The van der Waals surface area contributed by atoms with Crippen molar-refractivity contribution < 1.29 is 23.1 Å². The molecule has 0 bridgehead atoms. The largest absolute Gasteiger partial charge is 0.478 e. The maximum atomic E-state index is 12.2. The third-order valence-electron chi connectivity index (χ3n) is 3.37. The van der Waals surface area contributed by atoms with E-state index in [9.17, 15) is 18.0 Å². The third kappa shape index (κ3) is 3.06. The van der Waals surface area contributed by atoms with Gasteiger partial charge in [-0.15, -0.1) is 11.3 Å². The molecule has 0 radical (unpaired) electrons. The summed E-state index contributed by atoms with van der Waals surface area (Å²) in [6, 6.07) is 7.55. The van der Waals surface area contributed by atoms with Crippen LogP contribution in [-0.4, -0.2) is 31.9 Å². The van der Waals surface area contributed by atoms with Gasteiger partial charge in [0.1, 0.15) is 4.21 Å². The summed E-state index contributed by atoms with van der Waals surface area (Å²) in [6.07, 6.45) is 0.526. The fourth-order valence-electron chi connectivity index (χ4n) is 2.07. The molecule has 0 unspecified atom stereocenters. The average molecular weight is 352 g/mol. The summed E-state index contributed by atoms with van der Waals surface area (Å²) in [7, 11) is -3.84. The minimum atomic E-state index is -3.84. The highest BCUT2D eigenvalue weighted by molar-refractivity contribution is 7.94. The molecule has 1 fully saturated rings. The van der Waals surface area contributed by atoms with E-state index in [1.807, 2.05) is 0 Å². The van der Waals surface area contributed by atoms with Gasteiger partial charge in [-0.3, -0.25) is 9.52 Å². The van der Waals surface area contributed by atoms with E-state index >= 15 is 0 Å². The summed E-state index contributed by atoms with van der Waals surface area (Å²) in [5, 5.41) is 10.1. The van der Waals surface area contributed by atoms with Gasteiger partial charge in [0.2, 0.25) is 5.91 Å². The van der Waals surface area contributed by atoms with Crippen LogP contribution >= 0.6 is 11.3 Å². The number of nitrogens with one attached hydrogen (secondary N) is 1. The van der Waals surface area contributed by atoms with E-state index < -0.39 is 16.0 Å². The topological polar surface area (TPSA) is 104 Å². The number of sulfonamides is 1. The molecule has 1 aliphatic heterocycles. The zero-order valence-electron chi connectivity index (χ0n) is 11.7. The van der Waals surface area contributed by atoms with Crippen LogP contribution < -0.4 is 9.62 Å². The number of thiophene rings is 1. The fourth-order valence-corrected chi connectivity index (χ4v) is 4.28. The molecule has 120 valence electrons. The summed E-state index contributed by atoms with van der Waals surface area (Å²) in [5.74, 6) is -1.13. The summed E-state index contributed by atoms with van der Waals surface area (Å²) in [6.45, 7) is 0.664. The van der Waals surface area contributed by atoms with Crippen molar-refractivity contribution in [3.8, 4) is 0 Å². The van der Waals surface area contributed by atoms with Gasteiger partial charge in [-0.25, -0.2) is 13.2 Å². The van der Waals surface area contributed by atoms with Gasteiger partial charge in [0, 0.05) is 29.7 Å². The summed E-state index contributed by atoms with van der Waals surface area (Å²) >= 11 is 0.841. The van der Waals surface area contributed by atoms with Crippen LogP contribution in [0.25, 0.3) is 0 Å². The molecule has 9 heteroatoms. The Hall–Kier alpha value is -2.39. The van der Waals surface area contributed by atoms with Gasteiger partial charge in [-0.1, -0.05) is 0 Å². The monoisotopic (exact) mass is 352 g/mol. The second-order valence-corrected chi connectivity index (χ2v) is 7.73. The number of anilines is 2. The quantitative estimate of drug-likeness (QED) is 0.801. The highest BCUT2D eigenvalue weighted by Gasteiger charge is 2.25. The van der Waals surface area contributed by atoms with Crippen LogP contribution in [0.2, 0.25) is 0 Å². The molecule has 1 saturated heterocycles. The molecule has 1 amide bonds. The number of rotatable bonds is 5. The first-order valence-corrected chi connectivity index (χ1v) is 8.98. The number of β-lactam (4-membered cyclic amide) rings is 1. The minimum Gasteiger partial charge on any atom is -0.478 e. The van der Waals surface area contributed by atoms with E-state index in [4.69, 9.17) is 5.11 Å². The molecule has 0 saturated carbocycles. The predicted octanol–water partition coefficient (Wildman–Crippen LogP) is 1.98. The minimum absolute atomic E-state index is 0.0399. The number of aromatic carboxylic acids is 1. The van der Waals surface area contributed by atoms with Gasteiger partial charge in [0.25, 0.3) is 10.0 Å². The number of hydrogen-bond acceptors (Lipinski definition) is 5. The van der Waals surface area contributed by atoms with Crippen LogP contribution in [0.5, 0.6) is 0 Å². The third-order valence-corrected chi connectivity index (χ3v) is 6.19. The molecule has 23 heavy (non-hydrogen) atoms. The average Bonchev–Trinajstić information content (AvgIpc) is 2.98. The van der Waals surface area contributed by atoms with Crippen LogP contribution in [0.3, 0.4) is 0 Å². The standard InChI is InChI=1S/C14H12N2O5S2/c17-12-5-6-16(12)11-3-1-10(2-4-11)15-23(20,21)13-7-9(8-22-13)14(18)19/h1-4,7-8,15H,5-6H2,(H,18,19). The van der Waals surface area contributed by atoms with Crippen molar-refractivity contribution in [3.63, 3.8) is 0 Å². The molecule has 0 spiro atoms. The lowest BCUT2D eigenvalue weighted by Gasteiger charge is -2.30. The first kappa shape index (κ1) is 15.5. The van der Waals surface area contributed by atoms with Gasteiger partial charge in [-0.05, 0) is 30.3 Å². The molecule has 7 nitrogen and oxygen atoms in total. The van der Waals surface area contributed by atoms with Crippen molar-refractivity contribution in [2.75, 3.05) is 16.2 Å². The second kappa shape index (κ2) is 5.67. The fraction of sp³-hybridized carbons (Fsp3) is 0.143. The van der Waals surface area contributed by atoms with Crippen LogP contribution in [0.4, 0.5) is 11.4 Å². The Kier molecular flexibility index (Phi) is 3.82. The van der Waals surface area contributed by atoms with Crippen molar-refractivity contribution in [2.24, 2.45) is 0 Å². The molecule has 2 heterocycles. The Morgan fingerprint density at radius 2 is 1.96 bits per heavy atom. The Morgan fingerprint density at radius 3 is 2.43 bits per heavy atom. The molecule has 0 aliphatic carbocycles. The van der Waals surface area contributed by atoms with Crippen molar-refractivity contribution in [2.45, 2.75) is 10.6 Å². The van der Waals surface area contributed by atoms with Gasteiger partial charge < -0.3 is 10.0 Å². The molecule has 2 aromatic rings. The molecule has 1 aromatic heterocycles. The van der Waals surface area contributed by atoms with E-state index in [1.54, 1.807) is 29.2 Å². The van der Waals surface area contributed by atoms with E-state index in [1.165, 1.54) is 5.38 Å². The SMILES string of the molecule is O=C(O)c1csc(S(=O)(=O)Nc2ccc(N3CCC3=O)cc2)c1. The van der Waals surface area contributed by atoms with Crippen LogP contribution in [0, 0.1) is 0 Å². The van der Waals surface area contributed by atoms with Gasteiger partial charge in [-0.2, -0.15) is 0 Å². The lowest BCUT2D eigenvalue weighted by molar-refractivity contribution is -0.122. The summed E-state index contributed by atoms with van der Waals surface area (Å²) < 4.78 is 26.7. The van der Waals surface area contributed by atoms with E-state index in [-0.39, 0.29) is 15.7 Å². The highest BCUT2D eigenvalue weighted by atomic mass is 32.2. The molecule has 2 N–H and O–H groups in total. The molecular weight excluding hydrogens is 340 g/mol. The summed E-state index contributed by atoms with van der Waals surface area (Å²) in [5.41, 5.74) is 0.988. The number of benzene rings is 1. The number of nitrogens with zero attached hydrogens (tertiary/aromatic N) is 1. The number of hydrogen-bond donors (Lipinski definition) is 2.